The van der Waals surface area contributed by atoms with Gasteiger partial charge < -0.3 is 9.47 Å². The van der Waals surface area contributed by atoms with Gasteiger partial charge in [0.15, 0.2) is 5.78 Å². The van der Waals surface area contributed by atoms with Crippen LogP contribution >= 0.6 is 0 Å². The van der Waals surface area contributed by atoms with Gasteiger partial charge in [0.05, 0.1) is 30.8 Å². The highest BCUT2D eigenvalue weighted by atomic mass is 19.1. The molecule has 144 valence electrons. The molecule has 2 heterocycles. The lowest BCUT2D eigenvalue weighted by Gasteiger charge is -2.46. The second-order valence-corrected chi connectivity index (χ2v) is 7.26. The van der Waals surface area contributed by atoms with Gasteiger partial charge in [0.2, 0.25) is 0 Å². The Labute approximate surface area is 161 Å². The minimum atomic E-state index is -0.703. The molecule has 28 heavy (non-hydrogen) atoms. The van der Waals surface area contributed by atoms with Crippen LogP contribution in [0, 0.1) is 28.9 Å². The molecule has 1 atom stereocenters. The molecule has 6 heteroatoms. The zero-order chi connectivity index (χ0) is 19.7. The Balaban J connectivity index is 1.76. The minimum absolute atomic E-state index is 0.0460. The lowest BCUT2D eigenvalue weighted by atomic mass is 9.72. The van der Waals surface area contributed by atoms with Crippen molar-refractivity contribution in [3.63, 3.8) is 0 Å². The van der Waals surface area contributed by atoms with Gasteiger partial charge in [-0.3, -0.25) is 4.79 Å². The molecular formula is C22H19F2NO3. The third-order valence-electron chi connectivity index (χ3n) is 5.59. The van der Waals surface area contributed by atoms with E-state index in [0.29, 0.717) is 54.9 Å². The fourth-order valence-electron chi connectivity index (χ4n) is 4.20. The van der Waals surface area contributed by atoms with E-state index < -0.39 is 23.2 Å². The highest BCUT2D eigenvalue weighted by Crippen LogP contribution is 2.45. The molecule has 2 aromatic rings. The van der Waals surface area contributed by atoms with Gasteiger partial charge in [-0.1, -0.05) is 6.07 Å². The summed E-state index contributed by atoms with van der Waals surface area (Å²) in [6.07, 6.45) is 1.84. The molecule has 0 aliphatic carbocycles. The first-order valence-corrected chi connectivity index (χ1v) is 9.31. The Kier molecular flexibility index (Phi) is 4.86. The predicted octanol–water partition coefficient (Wildman–Crippen LogP) is 4.68. The topological polar surface area (TPSA) is 59.3 Å². The van der Waals surface area contributed by atoms with Crippen LogP contribution in [0.25, 0.3) is 11.1 Å². The number of halogens is 2. The number of rotatable bonds is 3. The van der Waals surface area contributed by atoms with E-state index in [9.17, 15) is 13.6 Å². The summed E-state index contributed by atoms with van der Waals surface area (Å²) in [7, 11) is 0. The molecule has 4 rings (SSSR count). The maximum absolute atomic E-state index is 13.6. The molecule has 0 saturated carbocycles. The van der Waals surface area contributed by atoms with Gasteiger partial charge in [-0.2, -0.15) is 5.26 Å². The summed E-state index contributed by atoms with van der Waals surface area (Å²) < 4.78 is 39.0. The van der Waals surface area contributed by atoms with Gasteiger partial charge in [0, 0.05) is 25.3 Å². The van der Waals surface area contributed by atoms with Crippen LogP contribution in [0.5, 0.6) is 5.75 Å². The highest BCUT2D eigenvalue weighted by molar-refractivity contribution is 6.02. The number of hydrogen-bond donors (Lipinski definition) is 0. The van der Waals surface area contributed by atoms with E-state index in [1.54, 1.807) is 18.2 Å². The van der Waals surface area contributed by atoms with Crippen LogP contribution in [0.2, 0.25) is 0 Å². The number of fused-ring (bicyclic) bond motifs is 1. The largest absolute Gasteiger partial charge is 0.486 e. The van der Waals surface area contributed by atoms with Crippen molar-refractivity contribution in [1.29, 1.82) is 5.26 Å². The number of nitriles is 1. The summed E-state index contributed by atoms with van der Waals surface area (Å²) in [5.74, 6) is -1.36. The van der Waals surface area contributed by atoms with Crippen molar-refractivity contribution in [3.8, 4) is 22.9 Å². The van der Waals surface area contributed by atoms with Crippen LogP contribution in [-0.2, 0) is 4.74 Å². The van der Waals surface area contributed by atoms with Crippen molar-refractivity contribution in [2.45, 2.75) is 31.3 Å². The summed E-state index contributed by atoms with van der Waals surface area (Å²) in [6, 6.07) is 10.4. The van der Waals surface area contributed by atoms with Gasteiger partial charge in [-0.25, -0.2) is 8.78 Å². The van der Waals surface area contributed by atoms with Crippen LogP contribution in [0.4, 0.5) is 8.78 Å². The van der Waals surface area contributed by atoms with E-state index in [2.05, 4.69) is 6.07 Å². The fourth-order valence-corrected chi connectivity index (χ4v) is 4.20. The zero-order valence-electron chi connectivity index (χ0n) is 15.2. The van der Waals surface area contributed by atoms with E-state index in [4.69, 9.17) is 14.7 Å². The first kappa shape index (κ1) is 18.6. The summed E-state index contributed by atoms with van der Waals surface area (Å²) >= 11 is 0. The number of ketones is 1. The molecule has 4 nitrogen and oxygen atoms in total. The molecule has 0 N–H and O–H groups in total. The van der Waals surface area contributed by atoms with Crippen molar-refractivity contribution < 1.29 is 23.0 Å². The number of carbonyl (C=O) groups excluding carboxylic acids is 1. The number of ether oxygens (including phenoxy) is 2. The average Bonchev–Trinajstić information content (AvgIpc) is 2.67. The van der Waals surface area contributed by atoms with Crippen molar-refractivity contribution >= 4 is 5.78 Å². The smallest absolute Gasteiger partial charge is 0.173 e. The van der Waals surface area contributed by atoms with Gasteiger partial charge in [0.1, 0.15) is 23.0 Å². The Bertz CT molecular complexity index is 940. The molecular weight excluding hydrogens is 364 g/mol. The fraction of sp³-hybridized carbons (Fsp3) is 0.364. The van der Waals surface area contributed by atoms with Gasteiger partial charge in [-0.05, 0) is 41.8 Å². The lowest BCUT2D eigenvalue weighted by Crippen LogP contribution is -2.53. The second-order valence-electron chi connectivity index (χ2n) is 7.26. The SMILES string of the molecule is N#CCCC1C(=O)c2ccc(-c3cc(F)cc(F)c3)cc2OC12CCOCC2. The molecule has 0 bridgehead atoms. The molecule has 2 aliphatic rings. The van der Waals surface area contributed by atoms with Gasteiger partial charge in [0.25, 0.3) is 0 Å². The maximum atomic E-state index is 13.6. The molecule has 0 amide bonds. The van der Waals surface area contributed by atoms with E-state index in [1.807, 2.05) is 0 Å². The van der Waals surface area contributed by atoms with Crippen molar-refractivity contribution in [1.82, 2.24) is 0 Å². The molecule has 0 aromatic heterocycles. The van der Waals surface area contributed by atoms with E-state index in [-0.39, 0.29) is 12.2 Å². The third kappa shape index (κ3) is 3.27. The monoisotopic (exact) mass is 383 g/mol. The van der Waals surface area contributed by atoms with E-state index in [0.717, 1.165) is 6.07 Å². The van der Waals surface area contributed by atoms with Gasteiger partial charge in [-0.15, -0.1) is 0 Å². The number of carbonyl (C=O) groups is 1. The third-order valence-corrected chi connectivity index (χ3v) is 5.59. The molecule has 2 aromatic carbocycles. The standard InChI is InChI=1S/C22H19F2NO3/c23-16-10-15(11-17(24)13-16)14-3-4-18-20(12-14)28-22(5-8-27-9-6-22)19(21(18)26)2-1-7-25/h3-4,10-13,19H,1-2,5-6,8-9H2. The van der Waals surface area contributed by atoms with Crippen LogP contribution in [0.1, 0.15) is 36.0 Å². The Morgan fingerprint density at radius 2 is 1.79 bits per heavy atom. The quantitative estimate of drug-likeness (QED) is 0.772. The molecule has 1 saturated heterocycles. The Hall–Kier alpha value is -2.78. The molecule has 1 unspecified atom stereocenters. The van der Waals surface area contributed by atoms with Crippen molar-refractivity contribution in [2.24, 2.45) is 5.92 Å². The Morgan fingerprint density at radius 1 is 1.07 bits per heavy atom. The van der Waals surface area contributed by atoms with Crippen LogP contribution < -0.4 is 4.74 Å². The number of Topliss-reactive ketones (excluding diaryl/α,β-unsaturated/α-hetero) is 1. The maximum Gasteiger partial charge on any atom is 0.173 e. The normalized spacial score (nSPS) is 20.3. The summed E-state index contributed by atoms with van der Waals surface area (Å²) in [4.78, 5) is 13.2. The predicted molar refractivity (Wildman–Crippen MR) is 97.9 cm³/mol. The van der Waals surface area contributed by atoms with E-state index >= 15 is 0 Å². The molecule has 1 spiro atoms. The Morgan fingerprint density at radius 3 is 2.46 bits per heavy atom. The first-order valence-electron chi connectivity index (χ1n) is 9.31. The highest BCUT2D eigenvalue weighted by Gasteiger charge is 2.50. The van der Waals surface area contributed by atoms with Crippen LogP contribution in [-0.4, -0.2) is 24.6 Å². The van der Waals surface area contributed by atoms with Crippen molar-refractivity contribution in [3.05, 3.63) is 53.6 Å². The summed E-state index contributed by atoms with van der Waals surface area (Å²) in [6.45, 7) is 0.973. The van der Waals surface area contributed by atoms with Gasteiger partial charge >= 0.3 is 0 Å². The molecule has 1 fully saturated rings. The number of nitrogens with zero attached hydrogens (tertiary/aromatic N) is 1. The van der Waals surface area contributed by atoms with Crippen LogP contribution in [0.15, 0.2) is 36.4 Å². The molecule has 0 radical (unpaired) electrons. The average molecular weight is 383 g/mol. The number of hydrogen-bond acceptors (Lipinski definition) is 4. The second kappa shape index (κ2) is 7.33. The number of benzene rings is 2. The van der Waals surface area contributed by atoms with Crippen molar-refractivity contribution in [2.75, 3.05) is 13.2 Å². The first-order chi connectivity index (χ1) is 13.5. The minimum Gasteiger partial charge on any atom is -0.486 e. The van der Waals surface area contributed by atoms with E-state index in [1.165, 1.54) is 12.1 Å². The summed E-state index contributed by atoms with van der Waals surface area (Å²) in [5, 5.41) is 8.98. The zero-order valence-corrected chi connectivity index (χ0v) is 15.2. The molecule has 2 aliphatic heterocycles. The van der Waals surface area contributed by atoms with Crippen LogP contribution in [0.3, 0.4) is 0 Å². The summed E-state index contributed by atoms with van der Waals surface area (Å²) in [5.41, 5.74) is 0.692. The lowest BCUT2D eigenvalue weighted by molar-refractivity contribution is -0.0790.